The summed E-state index contributed by atoms with van der Waals surface area (Å²) < 4.78 is 0.944. The Balaban J connectivity index is 2.82. The number of nitrogens with zero attached hydrogens (tertiary/aromatic N) is 2. The summed E-state index contributed by atoms with van der Waals surface area (Å²) in [5.74, 6) is 1.67. The summed E-state index contributed by atoms with van der Waals surface area (Å²) in [4.78, 5) is 8.32. The van der Waals surface area contributed by atoms with Crippen LogP contribution < -0.4 is 0 Å². The van der Waals surface area contributed by atoms with Crippen LogP contribution in [0.2, 0.25) is 0 Å². The highest BCUT2D eigenvalue weighted by Crippen LogP contribution is 2.24. The Bertz CT molecular complexity index is 288. The lowest BCUT2D eigenvalue weighted by Crippen LogP contribution is -1.90. The smallest absolute Gasteiger partial charge is 0.126 e. The van der Waals surface area contributed by atoms with Crippen LogP contribution in [0.3, 0.4) is 0 Å². The molecule has 0 fully saturated rings. The van der Waals surface area contributed by atoms with Gasteiger partial charge in [-0.05, 0) is 22.9 Å². The summed E-state index contributed by atoms with van der Waals surface area (Å²) in [6, 6.07) is 0. The fourth-order valence-corrected chi connectivity index (χ4v) is 1.87. The fourth-order valence-electron chi connectivity index (χ4n) is 0.674. The van der Waals surface area contributed by atoms with E-state index in [9.17, 15) is 0 Å². The molecule has 0 saturated heterocycles. The van der Waals surface area contributed by atoms with E-state index in [4.69, 9.17) is 0 Å². The zero-order chi connectivity index (χ0) is 8.97. The molecule has 0 atom stereocenters. The van der Waals surface area contributed by atoms with Crippen molar-refractivity contribution >= 4 is 27.7 Å². The summed E-state index contributed by atoms with van der Waals surface area (Å²) in [7, 11) is 0. The molecule has 0 radical (unpaired) electrons. The lowest BCUT2D eigenvalue weighted by molar-refractivity contribution is 0.953. The van der Waals surface area contributed by atoms with Gasteiger partial charge in [-0.15, -0.1) is 18.3 Å². The molecule has 0 N–H and O–H groups in total. The van der Waals surface area contributed by atoms with Crippen LogP contribution in [0.5, 0.6) is 0 Å². The van der Waals surface area contributed by atoms with Gasteiger partial charge >= 0.3 is 0 Å². The average molecular weight is 245 g/mol. The third kappa shape index (κ3) is 2.60. The van der Waals surface area contributed by atoms with Gasteiger partial charge in [0.25, 0.3) is 0 Å². The first-order chi connectivity index (χ1) is 5.74. The predicted octanol–water partition coefficient (Wildman–Crippen LogP) is 2.83. The molecule has 1 heterocycles. The summed E-state index contributed by atoms with van der Waals surface area (Å²) in [6.07, 6.45) is 3.63. The molecule has 0 bridgehead atoms. The molecule has 0 aliphatic carbocycles. The maximum absolute atomic E-state index is 4.27. The van der Waals surface area contributed by atoms with E-state index >= 15 is 0 Å². The molecule has 0 aromatic carbocycles. The van der Waals surface area contributed by atoms with Crippen molar-refractivity contribution in [3.8, 4) is 0 Å². The van der Waals surface area contributed by atoms with Crippen LogP contribution in [-0.4, -0.2) is 15.7 Å². The minimum absolute atomic E-state index is 0.796. The molecule has 0 amide bonds. The van der Waals surface area contributed by atoms with Gasteiger partial charge in [-0.3, -0.25) is 0 Å². The number of rotatable bonds is 3. The van der Waals surface area contributed by atoms with Crippen LogP contribution in [0.15, 0.2) is 28.4 Å². The zero-order valence-electron chi connectivity index (χ0n) is 6.75. The number of aromatic nitrogens is 2. The van der Waals surface area contributed by atoms with Gasteiger partial charge in [0.15, 0.2) is 0 Å². The molecule has 1 aromatic rings. The van der Waals surface area contributed by atoms with E-state index < -0.39 is 0 Å². The molecule has 0 aliphatic heterocycles. The van der Waals surface area contributed by atoms with Crippen LogP contribution >= 0.6 is 27.7 Å². The zero-order valence-corrected chi connectivity index (χ0v) is 9.15. The Morgan fingerprint density at radius 2 is 2.50 bits per heavy atom. The molecule has 0 aliphatic rings. The van der Waals surface area contributed by atoms with E-state index in [0.717, 1.165) is 21.1 Å². The molecule has 1 rings (SSSR count). The maximum Gasteiger partial charge on any atom is 0.126 e. The monoisotopic (exact) mass is 244 g/mol. The highest BCUT2D eigenvalue weighted by Gasteiger charge is 2.01. The largest absolute Gasteiger partial charge is 0.240 e. The SMILES string of the molecule is C=CCSc1nc(C)ncc1Br. The summed E-state index contributed by atoms with van der Waals surface area (Å²) in [5, 5.41) is 0.974. The minimum atomic E-state index is 0.796. The van der Waals surface area contributed by atoms with Gasteiger partial charge in [0, 0.05) is 11.9 Å². The van der Waals surface area contributed by atoms with Gasteiger partial charge in [-0.2, -0.15) is 0 Å². The van der Waals surface area contributed by atoms with E-state index in [2.05, 4.69) is 32.5 Å². The quantitative estimate of drug-likeness (QED) is 0.465. The summed E-state index contributed by atoms with van der Waals surface area (Å²) in [6.45, 7) is 5.53. The first kappa shape index (κ1) is 9.74. The van der Waals surface area contributed by atoms with E-state index in [1.807, 2.05) is 13.0 Å². The lowest BCUT2D eigenvalue weighted by Gasteiger charge is -2.00. The highest BCUT2D eigenvalue weighted by molar-refractivity contribution is 9.10. The molecule has 4 heteroatoms. The molecule has 64 valence electrons. The van der Waals surface area contributed by atoms with E-state index in [1.165, 1.54) is 0 Å². The van der Waals surface area contributed by atoms with Gasteiger partial charge in [-0.25, -0.2) is 9.97 Å². The predicted molar refractivity (Wildman–Crippen MR) is 55.4 cm³/mol. The van der Waals surface area contributed by atoms with Gasteiger partial charge in [0.2, 0.25) is 0 Å². The second-order valence-electron chi connectivity index (χ2n) is 2.17. The topological polar surface area (TPSA) is 25.8 Å². The Labute approximate surface area is 84.6 Å². The molecule has 0 unspecified atom stereocenters. The van der Waals surface area contributed by atoms with Gasteiger partial charge in [0.1, 0.15) is 10.9 Å². The van der Waals surface area contributed by atoms with Gasteiger partial charge in [-0.1, -0.05) is 6.08 Å². The number of hydrogen-bond donors (Lipinski definition) is 0. The molecule has 1 aromatic heterocycles. The van der Waals surface area contributed by atoms with Crippen LogP contribution in [0.4, 0.5) is 0 Å². The van der Waals surface area contributed by atoms with Gasteiger partial charge in [0.05, 0.1) is 4.47 Å². The Kier molecular flexibility index (Phi) is 3.75. The maximum atomic E-state index is 4.27. The molecule has 12 heavy (non-hydrogen) atoms. The summed E-state index contributed by atoms with van der Waals surface area (Å²) >= 11 is 5.03. The van der Waals surface area contributed by atoms with Gasteiger partial charge < -0.3 is 0 Å². The van der Waals surface area contributed by atoms with Crippen molar-refractivity contribution in [2.45, 2.75) is 11.9 Å². The molecule has 2 nitrogen and oxygen atoms in total. The Hall–Kier alpha value is -0.350. The number of halogens is 1. The van der Waals surface area contributed by atoms with Crippen molar-refractivity contribution in [3.05, 3.63) is 29.1 Å². The highest BCUT2D eigenvalue weighted by atomic mass is 79.9. The van der Waals surface area contributed by atoms with Crippen LogP contribution in [-0.2, 0) is 0 Å². The second-order valence-corrected chi connectivity index (χ2v) is 4.03. The first-order valence-corrected chi connectivity index (χ1v) is 5.24. The number of thioether (sulfide) groups is 1. The third-order valence-electron chi connectivity index (χ3n) is 1.17. The number of aryl methyl sites for hydroxylation is 1. The minimum Gasteiger partial charge on any atom is -0.240 e. The van der Waals surface area contributed by atoms with Crippen molar-refractivity contribution in [2.75, 3.05) is 5.75 Å². The van der Waals surface area contributed by atoms with Crippen LogP contribution in [0.25, 0.3) is 0 Å². The van der Waals surface area contributed by atoms with E-state index in [-0.39, 0.29) is 0 Å². The molecular formula is C8H9BrN2S. The van der Waals surface area contributed by atoms with Crippen molar-refractivity contribution in [2.24, 2.45) is 0 Å². The van der Waals surface area contributed by atoms with Crippen molar-refractivity contribution in [3.63, 3.8) is 0 Å². The third-order valence-corrected chi connectivity index (χ3v) is 3.00. The molecule has 0 spiro atoms. The Morgan fingerprint density at radius 3 is 3.17 bits per heavy atom. The Morgan fingerprint density at radius 1 is 1.75 bits per heavy atom. The number of hydrogen-bond acceptors (Lipinski definition) is 3. The van der Waals surface area contributed by atoms with Crippen molar-refractivity contribution in [1.29, 1.82) is 0 Å². The van der Waals surface area contributed by atoms with E-state index in [1.54, 1.807) is 18.0 Å². The average Bonchev–Trinajstić information content (AvgIpc) is 2.07. The second kappa shape index (κ2) is 4.62. The van der Waals surface area contributed by atoms with Crippen LogP contribution in [0, 0.1) is 6.92 Å². The normalized spacial score (nSPS) is 9.83. The summed E-state index contributed by atoms with van der Waals surface area (Å²) in [5.41, 5.74) is 0. The molecular weight excluding hydrogens is 236 g/mol. The fraction of sp³-hybridized carbons (Fsp3) is 0.250. The first-order valence-electron chi connectivity index (χ1n) is 3.47. The lowest BCUT2D eigenvalue weighted by atomic mass is 10.6. The van der Waals surface area contributed by atoms with Crippen LogP contribution in [0.1, 0.15) is 5.82 Å². The van der Waals surface area contributed by atoms with Crippen molar-refractivity contribution in [1.82, 2.24) is 9.97 Å². The van der Waals surface area contributed by atoms with Crippen molar-refractivity contribution < 1.29 is 0 Å². The molecule has 0 saturated carbocycles. The standard InChI is InChI=1S/C8H9BrN2S/c1-3-4-12-8-7(9)5-10-6(2)11-8/h3,5H,1,4H2,2H3. The van der Waals surface area contributed by atoms with E-state index in [0.29, 0.717) is 0 Å².